The van der Waals surface area contributed by atoms with Crippen molar-refractivity contribution in [3.05, 3.63) is 0 Å². The lowest BCUT2D eigenvalue weighted by Gasteiger charge is -2.29. The highest BCUT2D eigenvalue weighted by molar-refractivity contribution is 5.78. The lowest BCUT2D eigenvalue weighted by molar-refractivity contribution is -0.184. The van der Waals surface area contributed by atoms with Crippen LogP contribution in [0.1, 0.15) is 45.4 Å². The standard InChI is InChI=1S/C14H24F3NO2/c1-2-10(7-8-19)9-18-13(20)11-3-5-12(6-4-11)14(15,16)17/h10-12,19H,2-9H2,1H3,(H,18,20). The minimum Gasteiger partial charge on any atom is -0.396 e. The van der Waals surface area contributed by atoms with Gasteiger partial charge in [0.2, 0.25) is 5.91 Å². The van der Waals surface area contributed by atoms with Crippen LogP contribution in [0.3, 0.4) is 0 Å². The summed E-state index contributed by atoms with van der Waals surface area (Å²) in [5, 5.41) is 11.7. The number of nitrogens with one attached hydrogen (secondary N) is 1. The Bertz CT molecular complexity index is 299. The number of aliphatic hydroxyl groups excluding tert-OH is 1. The van der Waals surface area contributed by atoms with E-state index in [1.807, 2.05) is 6.92 Å². The zero-order chi connectivity index (χ0) is 15.2. The van der Waals surface area contributed by atoms with Gasteiger partial charge in [-0.1, -0.05) is 13.3 Å². The molecule has 1 aliphatic rings. The van der Waals surface area contributed by atoms with Crippen LogP contribution in [0.5, 0.6) is 0 Å². The number of alkyl halides is 3. The maximum atomic E-state index is 12.5. The van der Waals surface area contributed by atoms with Gasteiger partial charge in [-0.15, -0.1) is 0 Å². The number of hydrogen-bond acceptors (Lipinski definition) is 2. The van der Waals surface area contributed by atoms with Crippen molar-refractivity contribution in [2.75, 3.05) is 13.2 Å². The van der Waals surface area contributed by atoms with Crippen LogP contribution in [0.15, 0.2) is 0 Å². The Kier molecular flexibility index (Phi) is 6.79. The van der Waals surface area contributed by atoms with E-state index >= 15 is 0 Å². The first-order chi connectivity index (χ1) is 9.38. The number of amides is 1. The molecule has 0 bridgehead atoms. The Hall–Kier alpha value is -0.780. The van der Waals surface area contributed by atoms with Crippen LogP contribution in [0.25, 0.3) is 0 Å². The molecule has 0 aromatic rings. The molecule has 0 spiro atoms. The topological polar surface area (TPSA) is 49.3 Å². The van der Waals surface area contributed by atoms with E-state index in [1.165, 1.54) is 0 Å². The second kappa shape index (κ2) is 7.86. The maximum Gasteiger partial charge on any atom is 0.391 e. The monoisotopic (exact) mass is 295 g/mol. The lowest BCUT2D eigenvalue weighted by Crippen LogP contribution is -2.38. The van der Waals surface area contributed by atoms with Crippen molar-refractivity contribution in [2.45, 2.75) is 51.6 Å². The summed E-state index contributed by atoms with van der Waals surface area (Å²) in [6.07, 6.45) is -1.90. The molecule has 3 nitrogen and oxygen atoms in total. The zero-order valence-electron chi connectivity index (χ0n) is 11.9. The quantitative estimate of drug-likeness (QED) is 0.791. The highest BCUT2D eigenvalue weighted by Crippen LogP contribution is 2.39. The van der Waals surface area contributed by atoms with E-state index in [0.29, 0.717) is 25.8 Å². The van der Waals surface area contributed by atoms with Gasteiger partial charge in [-0.3, -0.25) is 4.79 Å². The first-order valence-electron chi connectivity index (χ1n) is 7.33. The Morgan fingerprint density at radius 3 is 2.35 bits per heavy atom. The van der Waals surface area contributed by atoms with Gasteiger partial charge in [0, 0.05) is 19.1 Å². The molecule has 20 heavy (non-hydrogen) atoms. The molecule has 0 heterocycles. The number of carbonyl (C=O) groups is 1. The highest BCUT2D eigenvalue weighted by atomic mass is 19.4. The van der Waals surface area contributed by atoms with Crippen LogP contribution in [0, 0.1) is 17.8 Å². The molecule has 0 aliphatic heterocycles. The fraction of sp³-hybridized carbons (Fsp3) is 0.929. The molecule has 1 saturated carbocycles. The van der Waals surface area contributed by atoms with Gasteiger partial charge in [0.25, 0.3) is 0 Å². The maximum absolute atomic E-state index is 12.5. The summed E-state index contributed by atoms with van der Waals surface area (Å²) < 4.78 is 37.6. The van der Waals surface area contributed by atoms with Crippen LogP contribution < -0.4 is 5.32 Å². The predicted molar refractivity (Wildman–Crippen MR) is 70.0 cm³/mol. The minimum absolute atomic E-state index is 0.0510. The third kappa shape index (κ3) is 5.31. The van der Waals surface area contributed by atoms with Crippen molar-refractivity contribution in [2.24, 2.45) is 17.8 Å². The second-order valence-electron chi connectivity index (χ2n) is 5.62. The summed E-state index contributed by atoms with van der Waals surface area (Å²) in [5.74, 6) is -1.44. The van der Waals surface area contributed by atoms with Gasteiger partial charge in [0.1, 0.15) is 0 Å². The molecule has 0 radical (unpaired) electrons. The van der Waals surface area contributed by atoms with Gasteiger partial charge >= 0.3 is 6.18 Å². The molecule has 0 saturated heterocycles. The van der Waals surface area contributed by atoms with Gasteiger partial charge in [-0.2, -0.15) is 13.2 Å². The summed E-state index contributed by atoms with van der Waals surface area (Å²) in [7, 11) is 0. The van der Waals surface area contributed by atoms with Crippen LogP contribution in [0.2, 0.25) is 0 Å². The lowest BCUT2D eigenvalue weighted by atomic mass is 9.81. The van der Waals surface area contributed by atoms with Crippen molar-refractivity contribution in [1.29, 1.82) is 0 Å². The summed E-state index contributed by atoms with van der Waals surface area (Å²) >= 11 is 0. The number of hydrogen-bond donors (Lipinski definition) is 2. The third-order valence-corrected chi connectivity index (χ3v) is 4.24. The molecule has 0 aromatic heterocycles. The molecule has 1 unspecified atom stereocenters. The summed E-state index contributed by atoms with van der Waals surface area (Å²) in [6, 6.07) is 0. The van der Waals surface area contributed by atoms with E-state index in [1.54, 1.807) is 0 Å². The summed E-state index contributed by atoms with van der Waals surface area (Å²) in [5.41, 5.74) is 0. The molecule has 1 aliphatic carbocycles. The fourth-order valence-corrected chi connectivity index (χ4v) is 2.71. The average Bonchev–Trinajstić information content (AvgIpc) is 2.42. The van der Waals surface area contributed by atoms with Crippen molar-refractivity contribution >= 4 is 5.91 Å². The van der Waals surface area contributed by atoms with Crippen LogP contribution in [-0.4, -0.2) is 30.3 Å². The number of rotatable bonds is 6. The molecular formula is C14H24F3NO2. The van der Waals surface area contributed by atoms with Crippen molar-refractivity contribution in [3.8, 4) is 0 Å². The Balaban J connectivity index is 2.32. The van der Waals surface area contributed by atoms with Crippen molar-refractivity contribution in [3.63, 3.8) is 0 Å². The Morgan fingerprint density at radius 2 is 1.90 bits per heavy atom. The van der Waals surface area contributed by atoms with Crippen molar-refractivity contribution < 1.29 is 23.1 Å². The number of carbonyl (C=O) groups excluding carboxylic acids is 1. The molecule has 1 fully saturated rings. The molecular weight excluding hydrogens is 271 g/mol. The molecule has 1 amide bonds. The molecule has 118 valence electrons. The molecule has 0 aromatic carbocycles. The fourth-order valence-electron chi connectivity index (χ4n) is 2.71. The van der Waals surface area contributed by atoms with Gasteiger partial charge in [-0.25, -0.2) is 0 Å². The normalized spacial score (nSPS) is 25.2. The highest BCUT2D eigenvalue weighted by Gasteiger charge is 2.42. The average molecular weight is 295 g/mol. The van der Waals surface area contributed by atoms with E-state index in [0.717, 1.165) is 6.42 Å². The van der Waals surface area contributed by atoms with E-state index in [4.69, 9.17) is 5.11 Å². The molecule has 1 rings (SSSR count). The van der Waals surface area contributed by atoms with E-state index in [9.17, 15) is 18.0 Å². The minimum atomic E-state index is -4.13. The summed E-state index contributed by atoms with van der Waals surface area (Å²) in [4.78, 5) is 11.9. The van der Waals surface area contributed by atoms with Gasteiger partial charge in [0.05, 0.1) is 5.92 Å². The number of aliphatic hydroxyl groups is 1. The first kappa shape index (κ1) is 17.3. The van der Waals surface area contributed by atoms with E-state index in [-0.39, 0.29) is 37.2 Å². The Morgan fingerprint density at radius 1 is 1.30 bits per heavy atom. The number of halogens is 3. The van der Waals surface area contributed by atoms with Gasteiger partial charge in [-0.05, 0) is 38.0 Å². The summed E-state index contributed by atoms with van der Waals surface area (Å²) in [6.45, 7) is 2.57. The zero-order valence-corrected chi connectivity index (χ0v) is 11.9. The molecule has 1 atom stereocenters. The second-order valence-corrected chi connectivity index (χ2v) is 5.62. The van der Waals surface area contributed by atoms with Crippen LogP contribution in [-0.2, 0) is 4.79 Å². The SMILES string of the molecule is CCC(CCO)CNC(=O)C1CCC(C(F)(F)F)CC1. The molecule has 2 N–H and O–H groups in total. The largest absolute Gasteiger partial charge is 0.396 e. The Labute approximate surface area is 117 Å². The van der Waals surface area contributed by atoms with Crippen molar-refractivity contribution in [1.82, 2.24) is 5.32 Å². The van der Waals surface area contributed by atoms with Gasteiger partial charge in [0.15, 0.2) is 0 Å². The predicted octanol–water partition coefficient (Wildman–Crippen LogP) is 2.88. The third-order valence-electron chi connectivity index (χ3n) is 4.24. The molecule has 6 heteroatoms. The van der Waals surface area contributed by atoms with E-state index < -0.39 is 12.1 Å². The first-order valence-corrected chi connectivity index (χ1v) is 7.33. The van der Waals surface area contributed by atoms with E-state index in [2.05, 4.69) is 5.32 Å². The van der Waals surface area contributed by atoms with Gasteiger partial charge < -0.3 is 10.4 Å². The van der Waals surface area contributed by atoms with Crippen LogP contribution >= 0.6 is 0 Å². The van der Waals surface area contributed by atoms with Crippen LogP contribution in [0.4, 0.5) is 13.2 Å². The smallest absolute Gasteiger partial charge is 0.391 e.